The average Bonchev–Trinajstić information content (AvgIpc) is 2.47. The summed E-state index contributed by atoms with van der Waals surface area (Å²) in [5, 5.41) is 0.582. The molecule has 0 bridgehead atoms. The molecule has 0 aliphatic heterocycles. The zero-order chi connectivity index (χ0) is 14.4. The van der Waals surface area contributed by atoms with Gasteiger partial charge in [0.05, 0.1) is 12.2 Å². The summed E-state index contributed by atoms with van der Waals surface area (Å²) in [7, 11) is 0. The lowest BCUT2D eigenvalue weighted by Gasteiger charge is -2.07. The number of aromatic nitrogens is 1. The van der Waals surface area contributed by atoms with E-state index in [1.807, 2.05) is 24.3 Å². The molecule has 0 fully saturated rings. The van der Waals surface area contributed by atoms with Crippen molar-refractivity contribution in [2.75, 3.05) is 6.61 Å². The molecule has 0 spiro atoms. The molecule has 0 aliphatic carbocycles. The maximum absolute atomic E-state index is 12.1. The largest absolute Gasteiger partial charge is 0.462 e. The third-order valence-corrected chi connectivity index (χ3v) is 3.02. The molecule has 0 amide bonds. The van der Waals surface area contributed by atoms with Crippen molar-refractivity contribution in [1.82, 2.24) is 4.98 Å². The van der Waals surface area contributed by atoms with Gasteiger partial charge in [0.2, 0.25) is 0 Å². The molecule has 0 unspecified atom stereocenters. The van der Waals surface area contributed by atoms with Crippen LogP contribution in [0.1, 0.15) is 18.1 Å². The van der Waals surface area contributed by atoms with E-state index in [0.717, 1.165) is 5.56 Å². The molecule has 3 nitrogen and oxygen atoms in total. The van der Waals surface area contributed by atoms with E-state index in [0.29, 0.717) is 22.8 Å². The first-order chi connectivity index (χ1) is 9.72. The van der Waals surface area contributed by atoms with Crippen LogP contribution in [-0.4, -0.2) is 17.6 Å². The van der Waals surface area contributed by atoms with Crippen molar-refractivity contribution in [2.45, 2.75) is 6.92 Å². The molecular weight excluding hydrogens is 274 g/mol. The molecule has 0 radical (unpaired) electrons. The smallest absolute Gasteiger partial charge is 0.338 e. The van der Waals surface area contributed by atoms with Crippen molar-refractivity contribution in [3.63, 3.8) is 0 Å². The standard InChI is InChI=1S/C16H14ClNO2/c1-2-20-16(19)14(13-7-5-9-18-11-13)10-12-6-3-4-8-15(12)17/h3-11H,2H2,1H3. The molecule has 4 heteroatoms. The van der Waals surface area contributed by atoms with Gasteiger partial charge >= 0.3 is 5.97 Å². The Bertz CT molecular complexity index is 623. The van der Waals surface area contributed by atoms with E-state index in [-0.39, 0.29) is 5.97 Å². The molecule has 0 atom stereocenters. The normalized spacial score (nSPS) is 11.2. The zero-order valence-corrected chi connectivity index (χ0v) is 11.8. The van der Waals surface area contributed by atoms with E-state index in [1.165, 1.54) is 0 Å². The summed E-state index contributed by atoms with van der Waals surface area (Å²) in [5.41, 5.74) is 1.90. The molecule has 20 heavy (non-hydrogen) atoms. The predicted octanol–water partition coefficient (Wildman–Crippen LogP) is 3.84. The number of ether oxygens (including phenoxy) is 1. The van der Waals surface area contributed by atoms with Gasteiger partial charge in [0, 0.05) is 23.0 Å². The number of rotatable bonds is 4. The molecule has 1 aromatic heterocycles. The van der Waals surface area contributed by atoms with Crippen molar-refractivity contribution in [1.29, 1.82) is 0 Å². The summed E-state index contributed by atoms with van der Waals surface area (Å²) < 4.78 is 5.09. The number of esters is 1. The summed E-state index contributed by atoms with van der Waals surface area (Å²) in [6, 6.07) is 10.9. The molecule has 1 heterocycles. The number of pyridine rings is 1. The summed E-state index contributed by atoms with van der Waals surface area (Å²) in [5.74, 6) is -0.389. The van der Waals surface area contributed by atoms with Crippen molar-refractivity contribution in [3.8, 4) is 0 Å². The van der Waals surface area contributed by atoms with Gasteiger partial charge in [-0.3, -0.25) is 4.98 Å². The van der Waals surface area contributed by atoms with Gasteiger partial charge in [0.15, 0.2) is 0 Å². The van der Waals surface area contributed by atoms with Crippen molar-refractivity contribution in [2.24, 2.45) is 0 Å². The summed E-state index contributed by atoms with van der Waals surface area (Å²) in [6.45, 7) is 2.09. The van der Waals surface area contributed by atoms with Crippen LogP contribution in [0.2, 0.25) is 5.02 Å². The van der Waals surface area contributed by atoms with E-state index in [1.54, 1.807) is 37.5 Å². The average molecular weight is 288 g/mol. The summed E-state index contributed by atoms with van der Waals surface area (Å²) in [4.78, 5) is 16.1. The minimum absolute atomic E-state index is 0.318. The van der Waals surface area contributed by atoms with Gasteiger partial charge in [0.1, 0.15) is 0 Å². The summed E-state index contributed by atoms with van der Waals surface area (Å²) in [6.07, 6.45) is 5.00. The Labute approximate surface area is 122 Å². The van der Waals surface area contributed by atoms with Crippen molar-refractivity contribution >= 4 is 29.2 Å². The highest BCUT2D eigenvalue weighted by molar-refractivity contribution is 6.33. The van der Waals surface area contributed by atoms with Gasteiger partial charge < -0.3 is 4.74 Å². The first kappa shape index (κ1) is 14.3. The quantitative estimate of drug-likeness (QED) is 0.633. The molecule has 102 valence electrons. The maximum atomic E-state index is 12.1. The van der Waals surface area contributed by atoms with Gasteiger partial charge in [-0.05, 0) is 30.7 Å². The van der Waals surface area contributed by atoms with Crippen LogP contribution in [0.25, 0.3) is 11.6 Å². The van der Waals surface area contributed by atoms with Crippen LogP contribution in [0.3, 0.4) is 0 Å². The van der Waals surface area contributed by atoms with Crippen LogP contribution in [0, 0.1) is 0 Å². The Morgan fingerprint density at radius 2 is 2.10 bits per heavy atom. The lowest BCUT2D eigenvalue weighted by molar-refractivity contribution is -0.136. The number of benzene rings is 1. The second kappa shape index (κ2) is 6.87. The van der Waals surface area contributed by atoms with Gasteiger partial charge in [-0.2, -0.15) is 0 Å². The highest BCUT2D eigenvalue weighted by Crippen LogP contribution is 2.23. The van der Waals surface area contributed by atoms with Gasteiger partial charge in [-0.15, -0.1) is 0 Å². The van der Waals surface area contributed by atoms with Crippen LogP contribution in [0.15, 0.2) is 48.8 Å². The van der Waals surface area contributed by atoms with Gasteiger partial charge in [-0.25, -0.2) is 4.79 Å². The monoisotopic (exact) mass is 287 g/mol. The number of carbonyl (C=O) groups is 1. The third kappa shape index (κ3) is 3.45. The predicted molar refractivity (Wildman–Crippen MR) is 80.2 cm³/mol. The highest BCUT2D eigenvalue weighted by atomic mass is 35.5. The minimum atomic E-state index is -0.389. The maximum Gasteiger partial charge on any atom is 0.338 e. The summed E-state index contributed by atoms with van der Waals surface area (Å²) >= 11 is 6.13. The van der Waals surface area contributed by atoms with E-state index in [4.69, 9.17) is 16.3 Å². The van der Waals surface area contributed by atoms with Crippen LogP contribution >= 0.6 is 11.6 Å². The number of nitrogens with zero attached hydrogens (tertiary/aromatic N) is 1. The van der Waals surface area contributed by atoms with Crippen LogP contribution in [0.5, 0.6) is 0 Å². The second-order valence-electron chi connectivity index (χ2n) is 4.04. The van der Waals surface area contributed by atoms with Crippen LogP contribution < -0.4 is 0 Å². The Balaban J connectivity index is 2.47. The number of hydrogen-bond donors (Lipinski definition) is 0. The molecular formula is C16H14ClNO2. The first-order valence-electron chi connectivity index (χ1n) is 6.26. The Morgan fingerprint density at radius 3 is 2.75 bits per heavy atom. The lowest BCUT2D eigenvalue weighted by Crippen LogP contribution is -2.07. The Kier molecular flexibility index (Phi) is 4.91. The first-order valence-corrected chi connectivity index (χ1v) is 6.64. The van der Waals surface area contributed by atoms with E-state index < -0.39 is 0 Å². The number of halogens is 1. The molecule has 2 rings (SSSR count). The Morgan fingerprint density at radius 1 is 1.30 bits per heavy atom. The van der Waals surface area contributed by atoms with E-state index in [2.05, 4.69) is 4.98 Å². The molecule has 0 N–H and O–H groups in total. The number of carbonyl (C=O) groups excluding carboxylic acids is 1. The molecule has 0 saturated heterocycles. The second-order valence-corrected chi connectivity index (χ2v) is 4.45. The molecule has 2 aromatic rings. The fraction of sp³-hybridized carbons (Fsp3) is 0.125. The van der Waals surface area contributed by atoms with Crippen molar-refractivity contribution in [3.05, 3.63) is 64.9 Å². The lowest BCUT2D eigenvalue weighted by atomic mass is 10.0. The zero-order valence-electron chi connectivity index (χ0n) is 11.0. The fourth-order valence-corrected chi connectivity index (χ4v) is 1.93. The topological polar surface area (TPSA) is 39.2 Å². The Hall–Kier alpha value is -2.13. The van der Waals surface area contributed by atoms with Crippen LogP contribution in [-0.2, 0) is 9.53 Å². The fourth-order valence-electron chi connectivity index (χ4n) is 1.74. The number of hydrogen-bond acceptors (Lipinski definition) is 3. The van der Waals surface area contributed by atoms with Crippen molar-refractivity contribution < 1.29 is 9.53 Å². The molecule has 0 aliphatic rings. The minimum Gasteiger partial charge on any atom is -0.462 e. The van der Waals surface area contributed by atoms with Gasteiger partial charge in [0.25, 0.3) is 0 Å². The van der Waals surface area contributed by atoms with E-state index >= 15 is 0 Å². The highest BCUT2D eigenvalue weighted by Gasteiger charge is 2.14. The van der Waals surface area contributed by atoms with Crippen LogP contribution in [0.4, 0.5) is 0 Å². The third-order valence-electron chi connectivity index (χ3n) is 2.67. The SMILES string of the molecule is CCOC(=O)C(=Cc1ccccc1Cl)c1cccnc1. The molecule has 0 saturated carbocycles. The van der Waals surface area contributed by atoms with E-state index in [9.17, 15) is 4.79 Å². The molecule has 1 aromatic carbocycles. The van der Waals surface area contributed by atoms with Gasteiger partial charge in [-0.1, -0.05) is 35.9 Å².